The summed E-state index contributed by atoms with van der Waals surface area (Å²) in [7, 11) is 0. The summed E-state index contributed by atoms with van der Waals surface area (Å²) in [4.78, 5) is 5.87. The van der Waals surface area contributed by atoms with Gasteiger partial charge in [-0.15, -0.1) is 11.3 Å². The number of thiophene rings is 1. The molecular weight excluding hydrogens is 349 g/mol. The van der Waals surface area contributed by atoms with Crippen molar-refractivity contribution in [3.05, 3.63) is 39.8 Å². The topological polar surface area (TPSA) is 29.3 Å². The molecule has 1 aliphatic carbocycles. The summed E-state index contributed by atoms with van der Waals surface area (Å²) in [5.74, 6) is 1.02. The highest BCUT2D eigenvalue weighted by molar-refractivity contribution is 7.19. The number of nitrogens with one attached hydrogen (secondary N) is 1. The van der Waals surface area contributed by atoms with Gasteiger partial charge in [0, 0.05) is 12.2 Å². The number of pyridine rings is 1. The predicted molar refractivity (Wildman–Crippen MR) is 99.0 cm³/mol. The number of fused-ring (bicyclic) bond motifs is 1. The van der Waals surface area contributed by atoms with Crippen molar-refractivity contribution in [2.24, 2.45) is 0 Å². The molecule has 0 spiro atoms. The summed E-state index contributed by atoms with van der Waals surface area (Å²) in [6, 6.07) is 8.27. The number of hydrogen-bond donors (Lipinski definition) is 1. The van der Waals surface area contributed by atoms with E-state index in [0.717, 1.165) is 26.4 Å². The number of anilines is 1. The van der Waals surface area contributed by atoms with Gasteiger partial charge in [0.05, 0.1) is 14.2 Å². The van der Waals surface area contributed by atoms with Crippen LogP contribution in [0.3, 0.4) is 0 Å². The quantitative estimate of drug-likeness (QED) is 0.606. The van der Waals surface area contributed by atoms with Gasteiger partial charge in [-0.05, 0) is 37.1 Å². The fourth-order valence-electron chi connectivity index (χ4n) is 3.21. The SMILES string of the molecule is Clc1ccc2nc(-c3ccc(Cl)s3)c(NC3CCCCC3)n2c1. The van der Waals surface area contributed by atoms with Crippen LogP contribution < -0.4 is 5.32 Å². The van der Waals surface area contributed by atoms with E-state index in [1.54, 1.807) is 11.3 Å². The van der Waals surface area contributed by atoms with Gasteiger partial charge in [0.2, 0.25) is 0 Å². The first-order valence-electron chi connectivity index (χ1n) is 7.90. The number of nitrogens with zero attached hydrogens (tertiary/aromatic N) is 2. The molecule has 0 amide bonds. The fraction of sp³-hybridized carbons (Fsp3) is 0.353. The molecule has 0 aliphatic heterocycles. The Balaban J connectivity index is 1.81. The zero-order valence-electron chi connectivity index (χ0n) is 12.6. The Morgan fingerprint density at radius 3 is 2.65 bits per heavy atom. The highest BCUT2D eigenvalue weighted by atomic mass is 35.5. The van der Waals surface area contributed by atoms with Crippen LogP contribution in [0.5, 0.6) is 0 Å². The number of aromatic nitrogens is 2. The average molecular weight is 366 g/mol. The Labute approximate surface area is 149 Å². The molecule has 3 heterocycles. The summed E-state index contributed by atoms with van der Waals surface area (Å²) in [5.41, 5.74) is 1.85. The maximum Gasteiger partial charge on any atom is 0.139 e. The Morgan fingerprint density at radius 2 is 1.91 bits per heavy atom. The molecule has 0 aromatic carbocycles. The molecule has 0 unspecified atom stereocenters. The van der Waals surface area contributed by atoms with Crippen LogP contribution in [0.25, 0.3) is 16.2 Å². The standard InChI is InChI=1S/C17H17Cl2N3S/c18-11-6-9-15-21-16(13-7-8-14(19)23-13)17(22(15)10-11)20-12-4-2-1-3-5-12/h6-10,12,20H,1-5H2. The maximum absolute atomic E-state index is 6.20. The molecule has 4 rings (SSSR count). The largest absolute Gasteiger partial charge is 0.367 e. The number of hydrogen-bond acceptors (Lipinski definition) is 3. The van der Waals surface area contributed by atoms with E-state index >= 15 is 0 Å². The summed E-state index contributed by atoms with van der Waals surface area (Å²) in [5, 5.41) is 4.42. The van der Waals surface area contributed by atoms with Gasteiger partial charge in [0.1, 0.15) is 17.2 Å². The highest BCUT2D eigenvalue weighted by Crippen LogP contribution is 2.37. The van der Waals surface area contributed by atoms with Crippen LogP contribution in [0.15, 0.2) is 30.5 Å². The molecule has 6 heteroatoms. The van der Waals surface area contributed by atoms with Crippen LogP contribution in [-0.2, 0) is 0 Å². The van der Waals surface area contributed by atoms with E-state index in [-0.39, 0.29) is 0 Å². The molecule has 0 atom stereocenters. The first-order valence-corrected chi connectivity index (χ1v) is 9.48. The van der Waals surface area contributed by atoms with Crippen LogP contribution in [0.4, 0.5) is 5.82 Å². The first-order chi connectivity index (χ1) is 11.2. The highest BCUT2D eigenvalue weighted by Gasteiger charge is 2.20. The van der Waals surface area contributed by atoms with Crippen molar-refractivity contribution in [2.75, 3.05) is 5.32 Å². The normalized spacial score (nSPS) is 16.1. The van der Waals surface area contributed by atoms with Crippen LogP contribution in [0.1, 0.15) is 32.1 Å². The van der Waals surface area contributed by atoms with Crippen LogP contribution in [-0.4, -0.2) is 15.4 Å². The monoisotopic (exact) mass is 365 g/mol. The van der Waals surface area contributed by atoms with Crippen molar-refractivity contribution in [3.63, 3.8) is 0 Å². The molecule has 3 aromatic rings. The minimum Gasteiger partial charge on any atom is -0.367 e. The molecule has 120 valence electrons. The molecule has 0 bridgehead atoms. The van der Waals surface area contributed by atoms with E-state index in [1.165, 1.54) is 32.1 Å². The van der Waals surface area contributed by atoms with Gasteiger partial charge in [-0.25, -0.2) is 4.98 Å². The van der Waals surface area contributed by atoms with Crippen LogP contribution in [0, 0.1) is 0 Å². The minimum atomic E-state index is 0.497. The van der Waals surface area contributed by atoms with Crippen molar-refractivity contribution in [1.29, 1.82) is 0 Å². The Bertz CT molecular complexity index is 834. The van der Waals surface area contributed by atoms with E-state index in [9.17, 15) is 0 Å². The Morgan fingerprint density at radius 1 is 1.09 bits per heavy atom. The second-order valence-corrected chi connectivity index (χ2v) is 8.12. The molecule has 3 aromatic heterocycles. The molecule has 1 aliphatic rings. The van der Waals surface area contributed by atoms with Crippen molar-refractivity contribution >= 4 is 46.0 Å². The molecule has 3 nitrogen and oxygen atoms in total. The molecular formula is C17H17Cl2N3S. The minimum absolute atomic E-state index is 0.497. The van der Waals surface area contributed by atoms with Crippen molar-refractivity contribution in [2.45, 2.75) is 38.1 Å². The zero-order chi connectivity index (χ0) is 15.8. The first kappa shape index (κ1) is 15.3. The fourth-order valence-corrected chi connectivity index (χ4v) is 4.40. The lowest BCUT2D eigenvalue weighted by Gasteiger charge is -2.24. The van der Waals surface area contributed by atoms with Crippen molar-refractivity contribution < 1.29 is 0 Å². The van der Waals surface area contributed by atoms with Gasteiger partial charge in [0.25, 0.3) is 0 Å². The van der Waals surface area contributed by atoms with Crippen molar-refractivity contribution in [1.82, 2.24) is 9.38 Å². The molecule has 1 fully saturated rings. The Kier molecular flexibility index (Phi) is 4.22. The number of imidazole rings is 1. The smallest absolute Gasteiger partial charge is 0.139 e. The van der Waals surface area contributed by atoms with E-state index in [1.807, 2.05) is 30.5 Å². The lowest BCUT2D eigenvalue weighted by atomic mass is 9.95. The van der Waals surface area contributed by atoms with Crippen LogP contribution in [0.2, 0.25) is 9.36 Å². The van der Waals surface area contributed by atoms with Gasteiger partial charge in [-0.1, -0.05) is 42.5 Å². The van der Waals surface area contributed by atoms with Gasteiger partial charge < -0.3 is 5.32 Å². The summed E-state index contributed by atoms with van der Waals surface area (Å²) in [6.07, 6.45) is 8.25. The number of halogens is 2. The molecule has 23 heavy (non-hydrogen) atoms. The van der Waals surface area contributed by atoms with Gasteiger partial charge in [-0.3, -0.25) is 4.40 Å². The third-order valence-corrected chi connectivity index (χ3v) is 5.80. The zero-order valence-corrected chi connectivity index (χ0v) is 14.9. The van der Waals surface area contributed by atoms with Crippen molar-refractivity contribution in [3.8, 4) is 10.6 Å². The van der Waals surface area contributed by atoms with Gasteiger partial charge >= 0.3 is 0 Å². The molecule has 0 radical (unpaired) electrons. The lowest BCUT2D eigenvalue weighted by Crippen LogP contribution is -2.23. The number of rotatable bonds is 3. The van der Waals surface area contributed by atoms with E-state index in [2.05, 4.69) is 9.72 Å². The molecule has 0 saturated heterocycles. The predicted octanol–water partition coefficient (Wildman–Crippen LogP) is 6.11. The van der Waals surface area contributed by atoms with Gasteiger partial charge in [0.15, 0.2) is 0 Å². The average Bonchev–Trinajstić information content (AvgIpc) is 3.13. The molecule has 1 N–H and O–H groups in total. The second-order valence-electron chi connectivity index (χ2n) is 5.97. The third-order valence-electron chi connectivity index (χ3n) is 4.34. The molecule has 1 saturated carbocycles. The maximum atomic E-state index is 6.20. The summed E-state index contributed by atoms with van der Waals surface area (Å²) >= 11 is 13.9. The third kappa shape index (κ3) is 3.08. The second kappa shape index (κ2) is 6.34. The van der Waals surface area contributed by atoms with E-state index < -0.39 is 0 Å². The van der Waals surface area contributed by atoms with E-state index in [4.69, 9.17) is 28.2 Å². The Hall–Kier alpha value is -1.23. The lowest BCUT2D eigenvalue weighted by molar-refractivity contribution is 0.462. The van der Waals surface area contributed by atoms with E-state index in [0.29, 0.717) is 11.1 Å². The summed E-state index contributed by atoms with van der Waals surface area (Å²) < 4.78 is 2.83. The summed E-state index contributed by atoms with van der Waals surface area (Å²) in [6.45, 7) is 0. The van der Waals surface area contributed by atoms with Gasteiger partial charge in [-0.2, -0.15) is 0 Å². The van der Waals surface area contributed by atoms with Crippen LogP contribution >= 0.6 is 34.5 Å².